The highest BCUT2D eigenvalue weighted by atomic mass is 32.1. The van der Waals surface area contributed by atoms with Gasteiger partial charge in [0.1, 0.15) is 0 Å². The Morgan fingerprint density at radius 2 is 0.882 bits per heavy atom. The number of benzene rings is 7. The van der Waals surface area contributed by atoms with Gasteiger partial charge in [0.15, 0.2) is 0 Å². The van der Waals surface area contributed by atoms with Crippen LogP contribution < -0.4 is 0 Å². The molecule has 0 fully saturated rings. The van der Waals surface area contributed by atoms with E-state index in [0.717, 1.165) is 16.9 Å². The van der Waals surface area contributed by atoms with Crippen LogP contribution in [0.3, 0.4) is 0 Å². The number of hydrogen-bond acceptors (Lipinski definition) is 2. The Morgan fingerprint density at radius 3 is 1.55 bits per heavy atom. The number of rotatable bonds is 4. The normalized spacial score (nSPS) is 11.9. The van der Waals surface area contributed by atoms with E-state index >= 15 is 0 Å². The summed E-state index contributed by atoms with van der Waals surface area (Å²) in [5.74, 6) is 0. The summed E-state index contributed by atoms with van der Waals surface area (Å²) in [6.07, 6.45) is 2.02. The summed E-state index contributed by atoms with van der Waals surface area (Å²) in [7, 11) is 0. The molecule has 0 aliphatic heterocycles. The molecule has 0 unspecified atom stereocenters. The molecule has 11 rings (SSSR count). The average molecular weight is 668 g/mol. The molecule has 0 atom stereocenters. The van der Waals surface area contributed by atoms with Gasteiger partial charge in [-0.15, -0.1) is 11.3 Å². The molecule has 51 heavy (non-hydrogen) atoms. The van der Waals surface area contributed by atoms with Crippen LogP contribution in [0.5, 0.6) is 0 Å². The van der Waals surface area contributed by atoms with Crippen molar-refractivity contribution in [3.05, 3.63) is 176 Å². The lowest BCUT2D eigenvalue weighted by molar-refractivity contribution is 1.14. The lowest BCUT2D eigenvalue weighted by atomic mass is 10.0. The van der Waals surface area contributed by atoms with Crippen LogP contribution in [0.15, 0.2) is 176 Å². The van der Waals surface area contributed by atoms with Crippen molar-refractivity contribution in [2.24, 2.45) is 0 Å². The third-order valence-corrected chi connectivity index (χ3v) is 11.5. The van der Waals surface area contributed by atoms with Crippen LogP contribution in [-0.2, 0) is 0 Å². The Hall–Kier alpha value is -6.49. The van der Waals surface area contributed by atoms with Crippen LogP contribution in [0.4, 0.5) is 0 Å². The predicted octanol–water partition coefficient (Wildman–Crippen LogP) is 13.0. The van der Waals surface area contributed by atoms with Crippen molar-refractivity contribution < 1.29 is 0 Å². The molecular formula is C47H29N3S. The quantitative estimate of drug-likeness (QED) is 0.183. The second-order valence-electron chi connectivity index (χ2n) is 13.2. The first kappa shape index (κ1) is 28.4. The van der Waals surface area contributed by atoms with Gasteiger partial charge in [-0.25, -0.2) is 0 Å². The molecule has 4 heterocycles. The van der Waals surface area contributed by atoms with Gasteiger partial charge in [0.25, 0.3) is 0 Å². The highest BCUT2D eigenvalue weighted by molar-refractivity contribution is 7.25. The molecular weight excluding hydrogens is 639 g/mol. The number of thiophene rings is 1. The van der Waals surface area contributed by atoms with E-state index in [1.807, 2.05) is 17.5 Å². The molecule has 0 saturated carbocycles. The van der Waals surface area contributed by atoms with Crippen molar-refractivity contribution in [3.63, 3.8) is 0 Å². The number of fused-ring (bicyclic) bond motifs is 9. The first-order valence-corrected chi connectivity index (χ1v) is 18.1. The molecule has 0 amide bonds. The Labute approximate surface area is 297 Å². The zero-order valence-electron chi connectivity index (χ0n) is 27.5. The van der Waals surface area contributed by atoms with Gasteiger partial charge in [0, 0.05) is 53.0 Å². The van der Waals surface area contributed by atoms with E-state index in [-0.39, 0.29) is 0 Å². The minimum Gasteiger partial charge on any atom is -0.309 e. The minimum absolute atomic E-state index is 0.975. The maximum Gasteiger partial charge on any atom is 0.0703 e. The third-order valence-electron chi connectivity index (χ3n) is 10.4. The number of pyridine rings is 1. The van der Waals surface area contributed by atoms with E-state index in [4.69, 9.17) is 4.98 Å². The highest BCUT2D eigenvalue weighted by Crippen LogP contribution is 2.39. The van der Waals surface area contributed by atoms with Gasteiger partial charge in [-0.3, -0.25) is 4.98 Å². The standard InChI is InChI=1S/C47H29N3S/c1-2-10-33(11-3-1)49-42-15-7-4-12-35(42)38-26-30(18-23-44(38)49)31-19-24-45-39(27-31)36-13-5-8-16-43(36)50(45)34-21-22-41(48-29-34)32-20-25-47-40(28-32)37-14-6-9-17-46(37)51-47/h1-29H. The van der Waals surface area contributed by atoms with Gasteiger partial charge < -0.3 is 9.13 Å². The van der Waals surface area contributed by atoms with Crippen LogP contribution in [-0.4, -0.2) is 14.1 Å². The molecule has 3 nitrogen and oxygen atoms in total. The van der Waals surface area contributed by atoms with Crippen molar-refractivity contribution in [2.45, 2.75) is 0 Å². The number of aromatic nitrogens is 3. The summed E-state index contributed by atoms with van der Waals surface area (Å²) >= 11 is 1.84. The second-order valence-corrected chi connectivity index (χ2v) is 14.3. The van der Waals surface area contributed by atoms with Crippen LogP contribution >= 0.6 is 11.3 Å². The maximum atomic E-state index is 5.01. The molecule has 0 radical (unpaired) electrons. The summed E-state index contributed by atoms with van der Waals surface area (Å²) in [5.41, 5.74) is 11.5. The maximum absolute atomic E-state index is 5.01. The van der Waals surface area contributed by atoms with E-state index in [2.05, 4.69) is 179 Å². The van der Waals surface area contributed by atoms with Crippen LogP contribution in [0.2, 0.25) is 0 Å². The molecule has 11 aromatic rings. The summed E-state index contributed by atoms with van der Waals surface area (Å²) in [5, 5.41) is 7.57. The first-order valence-electron chi connectivity index (χ1n) is 17.3. The summed E-state index contributed by atoms with van der Waals surface area (Å²) in [6, 6.07) is 61.5. The minimum atomic E-state index is 0.975. The van der Waals surface area contributed by atoms with Crippen molar-refractivity contribution in [1.29, 1.82) is 0 Å². The monoisotopic (exact) mass is 667 g/mol. The van der Waals surface area contributed by atoms with Gasteiger partial charge in [-0.1, -0.05) is 91.0 Å². The van der Waals surface area contributed by atoms with Crippen LogP contribution in [0.25, 0.3) is 97.5 Å². The van der Waals surface area contributed by atoms with Crippen molar-refractivity contribution >= 4 is 75.1 Å². The van der Waals surface area contributed by atoms with Crippen LogP contribution in [0.1, 0.15) is 0 Å². The van der Waals surface area contributed by atoms with E-state index < -0.39 is 0 Å². The van der Waals surface area contributed by atoms with Crippen molar-refractivity contribution in [3.8, 4) is 33.8 Å². The zero-order valence-corrected chi connectivity index (χ0v) is 28.3. The topological polar surface area (TPSA) is 22.8 Å². The molecule has 0 spiro atoms. The molecule has 7 aromatic carbocycles. The number of nitrogens with zero attached hydrogens (tertiary/aromatic N) is 3. The molecule has 0 N–H and O–H groups in total. The molecule has 238 valence electrons. The Balaban J connectivity index is 1.02. The fraction of sp³-hybridized carbons (Fsp3) is 0. The van der Waals surface area contributed by atoms with Crippen LogP contribution in [0, 0.1) is 0 Å². The molecule has 4 heteroatoms. The fourth-order valence-electron chi connectivity index (χ4n) is 8.01. The molecule has 0 aliphatic rings. The van der Waals surface area contributed by atoms with Gasteiger partial charge >= 0.3 is 0 Å². The van der Waals surface area contributed by atoms with Gasteiger partial charge in [-0.05, 0) is 90.0 Å². The highest BCUT2D eigenvalue weighted by Gasteiger charge is 2.16. The molecule has 0 aliphatic carbocycles. The van der Waals surface area contributed by atoms with Gasteiger partial charge in [0.2, 0.25) is 0 Å². The first-order chi connectivity index (χ1) is 25.3. The van der Waals surface area contributed by atoms with Crippen molar-refractivity contribution in [1.82, 2.24) is 14.1 Å². The summed E-state index contributed by atoms with van der Waals surface area (Å²) in [6.45, 7) is 0. The molecule has 4 aromatic heterocycles. The Morgan fingerprint density at radius 1 is 0.353 bits per heavy atom. The Kier molecular flexibility index (Phi) is 6.12. The Bertz CT molecular complexity index is 3130. The summed E-state index contributed by atoms with van der Waals surface area (Å²) < 4.78 is 7.34. The molecule has 0 bridgehead atoms. The van der Waals surface area contributed by atoms with Crippen molar-refractivity contribution in [2.75, 3.05) is 0 Å². The average Bonchev–Trinajstić information content (AvgIpc) is 3.85. The largest absolute Gasteiger partial charge is 0.309 e. The van der Waals surface area contributed by atoms with Gasteiger partial charge in [0.05, 0.1) is 39.6 Å². The SMILES string of the molecule is c1ccc(-n2c3ccccc3c3cc(-c4ccc5c(c4)c4ccccc4n5-c4ccc(-c5ccc6sc7ccccc7c6c5)nc4)ccc32)cc1. The lowest BCUT2D eigenvalue weighted by Gasteiger charge is -2.10. The van der Waals surface area contributed by atoms with E-state index in [0.29, 0.717) is 0 Å². The fourth-order valence-corrected chi connectivity index (χ4v) is 9.10. The second kappa shape index (κ2) is 11.0. The number of hydrogen-bond donors (Lipinski definition) is 0. The zero-order chi connectivity index (χ0) is 33.5. The summed E-state index contributed by atoms with van der Waals surface area (Å²) in [4.78, 5) is 5.01. The lowest BCUT2D eigenvalue weighted by Crippen LogP contribution is -1.95. The third kappa shape index (κ3) is 4.33. The van der Waals surface area contributed by atoms with E-state index in [1.54, 1.807) is 0 Å². The number of para-hydroxylation sites is 3. The van der Waals surface area contributed by atoms with Gasteiger partial charge in [-0.2, -0.15) is 0 Å². The predicted molar refractivity (Wildman–Crippen MR) is 217 cm³/mol. The van der Waals surface area contributed by atoms with E-state index in [1.165, 1.54) is 80.6 Å². The smallest absolute Gasteiger partial charge is 0.0703 e. The van der Waals surface area contributed by atoms with E-state index in [9.17, 15) is 0 Å². The molecule has 0 saturated heterocycles.